The first-order valence-corrected chi connectivity index (χ1v) is 4.76. The minimum absolute atomic E-state index is 0.147. The van der Waals surface area contributed by atoms with Crippen LogP contribution in [0.3, 0.4) is 0 Å². The molecule has 0 saturated heterocycles. The van der Waals surface area contributed by atoms with Gasteiger partial charge in [-0.3, -0.25) is 9.59 Å². The van der Waals surface area contributed by atoms with Gasteiger partial charge in [0.15, 0.2) is 17.1 Å². The lowest BCUT2D eigenvalue weighted by molar-refractivity contribution is -0.114. The lowest BCUT2D eigenvalue weighted by atomic mass is 10.1. The molecule has 1 N–H and O–H groups in total. The third kappa shape index (κ3) is 1.79. The normalized spacial score (nSPS) is 10.4. The molecule has 5 heteroatoms. The van der Waals surface area contributed by atoms with Gasteiger partial charge in [-0.1, -0.05) is 5.16 Å². The summed E-state index contributed by atoms with van der Waals surface area (Å²) < 4.78 is 5.01. The number of nitrogens with zero attached hydrogens (tertiary/aromatic N) is 1. The van der Waals surface area contributed by atoms with E-state index in [2.05, 4.69) is 10.5 Å². The predicted octanol–water partition coefficient (Wildman–Crippen LogP) is 1.99. The molecular weight excluding hydrogens is 208 g/mol. The van der Waals surface area contributed by atoms with Gasteiger partial charge in [-0.25, -0.2) is 0 Å². The van der Waals surface area contributed by atoms with E-state index in [0.717, 1.165) is 0 Å². The highest BCUT2D eigenvalue weighted by Gasteiger charge is 2.12. The van der Waals surface area contributed by atoms with Crippen molar-refractivity contribution in [3.8, 4) is 0 Å². The molecule has 0 aliphatic rings. The van der Waals surface area contributed by atoms with Crippen LogP contribution in [0.2, 0.25) is 0 Å². The molecular formula is C11H10N2O3. The topological polar surface area (TPSA) is 72.2 Å². The third-order valence-electron chi connectivity index (χ3n) is 2.13. The number of rotatable bonds is 2. The van der Waals surface area contributed by atoms with Gasteiger partial charge in [0.2, 0.25) is 5.91 Å². The van der Waals surface area contributed by atoms with Gasteiger partial charge >= 0.3 is 0 Å². The Bertz CT molecular complexity index is 572. The second kappa shape index (κ2) is 3.77. The number of aromatic nitrogens is 1. The smallest absolute Gasteiger partial charge is 0.221 e. The molecule has 0 saturated carbocycles. The van der Waals surface area contributed by atoms with E-state index in [1.54, 1.807) is 18.2 Å². The molecule has 1 aromatic heterocycles. The summed E-state index contributed by atoms with van der Waals surface area (Å²) in [4.78, 5) is 22.0. The van der Waals surface area contributed by atoms with E-state index in [4.69, 9.17) is 4.52 Å². The molecule has 82 valence electrons. The SMILES string of the molecule is CC(=O)Nc1ccc2c(C(C)=O)noc2c1. The Morgan fingerprint density at radius 2 is 2.06 bits per heavy atom. The molecule has 1 amide bonds. The van der Waals surface area contributed by atoms with Gasteiger partial charge in [0.05, 0.1) is 5.39 Å². The summed E-state index contributed by atoms with van der Waals surface area (Å²) in [5.41, 5.74) is 1.41. The van der Waals surface area contributed by atoms with Crippen molar-refractivity contribution in [1.29, 1.82) is 0 Å². The van der Waals surface area contributed by atoms with Crippen LogP contribution in [0.4, 0.5) is 5.69 Å². The number of carbonyl (C=O) groups is 2. The second-order valence-corrected chi connectivity index (χ2v) is 3.48. The van der Waals surface area contributed by atoms with Gasteiger partial charge in [-0.05, 0) is 12.1 Å². The van der Waals surface area contributed by atoms with E-state index in [1.807, 2.05) is 0 Å². The highest BCUT2D eigenvalue weighted by atomic mass is 16.5. The number of fused-ring (bicyclic) bond motifs is 1. The molecule has 2 rings (SSSR count). The maximum absolute atomic E-state index is 11.2. The Hall–Kier alpha value is -2.17. The van der Waals surface area contributed by atoms with Gasteiger partial charge < -0.3 is 9.84 Å². The van der Waals surface area contributed by atoms with Crippen LogP contribution in [-0.2, 0) is 4.79 Å². The van der Waals surface area contributed by atoms with Crippen molar-refractivity contribution in [2.45, 2.75) is 13.8 Å². The minimum atomic E-state index is -0.161. The summed E-state index contributed by atoms with van der Waals surface area (Å²) in [7, 11) is 0. The number of ketones is 1. The molecule has 16 heavy (non-hydrogen) atoms. The molecule has 0 radical (unpaired) electrons. The maximum atomic E-state index is 11.2. The van der Waals surface area contributed by atoms with Gasteiger partial charge in [0.25, 0.3) is 0 Å². The highest BCUT2D eigenvalue weighted by molar-refractivity contribution is 6.04. The molecule has 0 unspecified atom stereocenters. The second-order valence-electron chi connectivity index (χ2n) is 3.48. The zero-order valence-corrected chi connectivity index (χ0v) is 8.90. The first-order valence-electron chi connectivity index (χ1n) is 4.76. The van der Waals surface area contributed by atoms with Crippen LogP contribution >= 0.6 is 0 Å². The fourth-order valence-corrected chi connectivity index (χ4v) is 1.47. The highest BCUT2D eigenvalue weighted by Crippen LogP contribution is 2.22. The summed E-state index contributed by atoms with van der Waals surface area (Å²) in [6.07, 6.45) is 0. The largest absolute Gasteiger partial charge is 0.355 e. The van der Waals surface area contributed by atoms with Crippen LogP contribution in [0.5, 0.6) is 0 Å². The number of anilines is 1. The fourth-order valence-electron chi connectivity index (χ4n) is 1.47. The van der Waals surface area contributed by atoms with Crippen molar-refractivity contribution in [2.75, 3.05) is 5.32 Å². The van der Waals surface area contributed by atoms with Crippen molar-refractivity contribution < 1.29 is 14.1 Å². The van der Waals surface area contributed by atoms with E-state index in [1.165, 1.54) is 13.8 Å². The number of carbonyl (C=O) groups excluding carboxylic acids is 2. The Morgan fingerprint density at radius 1 is 1.31 bits per heavy atom. The molecule has 5 nitrogen and oxygen atoms in total. The van der Waals surface area contributed by atoms with Crippen LogP contribution in [-0.4, -0.2) is 16.8 Å². The Balaban J connectivity index is 2.49. The monoisotopic (exact) mass is 218 g/mol. The molecule has 1 heterocycles. The first-order chi connectivity index (χ1) is 7.58. The van der Waals surface area contributed by atoms with Crippen molar-refractivity contribution in [3.63, 3.8) is 0 Å². The quantitative estimate of drug-likeness (QED) is 0.782. The first kappa shape index (κ1) is 10.4. The number of nitrogens with one attached hydrogen (secondary N) is 1. The summed E-state index contributed by atoms with van der Waals surface area (Å²) in [6.45, 7) is 2.85. The zero-order chi connectivity index (χ0) is 11.7. The van der Waals surface area contributed by atoms with E-state index >= 15 is 0 Å². The molecule has 1 aromatic carbocycles. The molecule has 0 aliphatic heterocycles. The predicted molar refractivity (Wildman–Crippen MR) is 58.3 cm³/mol. The number of hydrogen-bond donors (Lipinski definition) is 1. The fraction of sp³-hybridized carbons (Fsp3) is 0.182. The van der Waals surface area contributed by atoms with Crippen LogP contribution < -0.4 is 5.32 Å². The molecule has 2 aromatic rings. The zero-order valence-electron chi connectivity index (χ0n) is 8.90. The summed E-state index contributed by atoms with van der Waals surface area (Å²) in [5, 5.41) is 6.96. The molecule has 0 aliphatic carbocycles. The lowest BCUT2D eigenvalue weighted by Crippen LogP contribution is -2.05. The van der Waals surface area contributed by atoms with Gasteiger partial charge in [0.1, 0.15) is 0 Å². The van der Waals surface area contributed by atoms with Crippen LogP contribution in [0.1, 0.15) is 24.3 Å². The number of Topliss-reactive ketones (excluding diaryl/α,β-unsaturated/α-hetero) is 1. The number of amides is 1. The van der Waals surface area contributed by atoms with E-state index in [-0.39, 0.29) is 11.7 Å². The average molecular weight is 218 g/mol. The summed E-state index contributed by atoms with van der Waals surface area (Å²) in [5.74, 6) is -0.309. The Morgan fingerprint density at radius 3 is 2.69 bits per heavy atom. The van der Waals surface area contributed by atoms with Crippen molar-refractivity contribution >= 4 is 28.3 Å². The van der Waals surface area contributed by atoms with E-state index in [0.29, 0.717) is 22.4 Å². The number of benzene rings is 1. The Kier molecular flexibility index (Phi) is 2.44. The molecule has 0 spiro atoms. The number of hydrogen-bond acceptors (Lipinski definition) is 4. The van der Waals surface area contributed by atoms with Crippen molar-refractivity contribution in [3.05, 3.63) is 23.9 Å². The van der Waals surface area contributed by atoms with Gasteiger partial charge in [-0.2, -0.15) is 0 Å². The molecule has 0 atom stereocenters. The maximum Gasteiger partial charge on any atom is 0.221 e. The summed E-state index contributed by atoms with van der Waals surface area (Å²) >= 11 is 0. The van der Waals surface area contributed by atoms with Crippen LogP contribution in [0.15, 0.2) is 22.7 Å². The van der Waals surface area contributed by atoms with Crippen LogP contribution in [0, 0.1) is 0 Å². The summed E-state index contributed by atoms with van der Waals surface area (Å²) in [6, 6.07) is 5.04. The van der Waals surface area contributed by atoms with Crippen LogP contribution in [0.25, 0.3) is 11.0 Å². The van der Waals surface area contributed by atoms with E-state index < -0.39 is 0 Å². The average Bonchev–Trinajstić information content (AvgIpc) is 2.59. The van der Waals surface area contributed by atoms with Gasteiger partial charge in [-0.15, -0.1) is 0 Å². The van der Waals surface area contributed by atoms with Crippen molar-refractivity contribution in [2.24, 2.45) is 0 Å². The lowest BCUT2D eigenvalue weighted by Gasteiger charge is -2.00. The van der Waals surface area contributed by atoms with Crippen molar-refractivity contribution in [1.82, 2.24) is 5.16 Å². The minimum Gasteiger partial charge on any atom is -0.355 e. The standard InChI is InChI=1S/C11H10N2O3/c1-6(14)11-9-4-3-8(12-7(2)15)5-10(9)16-13-11/h3-5H,1-2H3,(H,12,15). The van der Waals surface area contributed by atoms with Gasteiger partial charge in [0, 0.05) is 25.6 Å². The molecule has 0 fully saturated rings. The van der Waals surface area contributed by atoms with E-state index in [9.17, 15) is 9.59 Å². The molecule has 0 bridgehead atoms. The third-order valence-corrected chi connectivity index (χ3v) is 2.13. The Labute approximate surface area is 91.4 Å².